The SMILES string of the molecule is O=C(Cc1ccc(Br)cc1)NS(=O)(=O)c1ccc2c(c1)OCCCO2. The third-order valence-corrected chi connectivity index (χ3v) is 5.46. The normalized spacial score (nSPS) is 13.8. The van der Waals surface area contributed by atoms with Gasteiger partial charge in [0, 0.05) is 17.0 Å². The van der Waals surface area contributed by atoms with Crippen molar-refractivity contribution in [1.82, 2.24) is 4.72 Å². The Balaban J connectivity index is 1.74. The van der Waals surface area contributed by atoms with Gasteiger partial charge in [-0.1, -0.05) is 28.1 Å². The fourth-order valence-corrected chi connectivity index (χ4v) is 3.61. The van der Waals surface area contributed by atoms with Crippen molar-refractivity contribution in [2.24, 2.45) is 0 Å². The van der Waals surface area contributed by atoms with E-state index in [0.29, 0.717) is 24.7 Å². The predicted octanol–water partition coefficient (Wildman–Crippen LogP) is 2.66. The minimum Gasteiger partial charge on any atom is -0.490 e. The minimum atomic E-state index is -3.98. The Bertz CT molecular complexity index is 880. The number of nitrogens with one attached hydrogen (secondary N) is 1. The molecule has 25 heavy (non-hydrogen) atoms. The number of rotatable bonds is 4. The van der Waals surface area contributed by atoms with Crippen LogP contribution in [0, 0.1) is 0 Å². The van der Waals surface area contributed by atoms with E-state index in [1.165, 1.54) is 18.2 Å². The number of carbonyl (C=O) groups excluding carboxylic acids is 1. The molecule has 1 amide bonds. The van der Waals surface area contributed by atoms with Gasteiger partial charge >= 0.3 is 0 Å². The van der Waals surface area contributed by atoms with Gasteiger partial charge in [-0.05, 0) is 29.8 Å². The summed E-state index contributed by atoms with van der Waals surface area (Å²) in [6.45, 7) is 0.968. The lowest BCUT2D eigenvalue weighted by molar-refractivity contribution is -0.118. The van der Waals surface area contributed by atoms with Gasteiger partial charge in [0.25, 0.3) is 10.0 Å². The summed E-state index contributed by atoms with van der Waals surface area (Å²) in [6, 6.07) is 11.4. The molecular weight excluding hydrogens is 410 g/mol. The van der Waals surface area contributed by atoms with Crippen LogP contribution < -0.4 is 14.2 Å². The van der Waals surface area contributed by atoms with Crippen molar-refractivity contribution in [2.75, 3.05) is 13.2 Å². The molecule has 0 saturated heterocycles. The summed E-state index contributed by atoms with van der Waals surface area (Å²) in [5.74, 6) is 0.257. The molecule has 1 aliphatic rings. The number of hydrogen-bond donors (Lipinski definition) is 1. The summed E-state index contributed by atoms with van der Waals surface area (Å²) in [4.78, 5) is 12.0. The molecule has 2 aromatic rings. The van der Waals surface area contributed by atoms with Gasteiger partial charge in [-0.15, -0.1) is 0 Å². The number of hydrogen-bond acceptors (Lipinski definition) is 5. The van der Waals surface area contributed by atoms with Gasteiger partial charge in [0.2, 0.25) is 5.91 Å². The number of sulfonamides is 1. The maximum Gasteiger partial charge on any atom is 0.264 e. The van der Waals surface area contributed by atoms with E-state index in [2.05, 4.69) is 20.7 Å². The molecule has 132 valence electrons. The second-order valence-electron chi connectivity index (χ2n) is 5.49. The Labute approximate surface area is 154 Å². The van der Waals surface area contributed by atoms with Crippen molar-refractivity contribution in [2.45, 2.75) is 17.7 Å². The number of halogens is 1. The highest BCUT2D eigenvalue weighted by Gasteiger charge is 2.21. The number of benzene rings is 2. The van der Waals surface area contributed by atoms with Crippen molar-refractivity contribution >= 4 is 31.9 Å². The third-order valence-electron chi connectivity index (χ3n) is 3.56. The van der Waals surface area contributed by atoms with Crippen LogP contribution in [0.1, 0.15) is 12.0 Å². The molecule has 8 heteroatoms. The van der Waals surface area contributed by atoms with Crippen LogP contribution in [0.4, 0.5) is 0 Å². The average Bonchev–Trinajstić information content (AvgIpc) is 2.81. The molecule has 0 saturated carbocycles. The lowest BCUT2D eigenvalue weighted by Crippen LogP contribution is -2.31. The van der Waals surface area contributed by atoms with Gasteiger partial charge in [0.15, 0.2) is 11.5 Å². The standard InChI is InChI=1S/C17H16BrNO5S/c18-13-4-2-12(3-5-13)10-17(20)19-25(21,22)14-6-7-15-16(11-14)24-9-1-8-23-15/h2-7,11H,1,8-10H2,(H,19,20). The molecule has 1 N–H and O–H groups in total. The number of ether oxygens (including phenoxy) is 2. The van der Waals surface area contributed by atoms with Crippen LogP contribution in [0.2, 0.25) is 0 Å². The van der Waals surface area contributed by atoms with E-state index in [1.54, 1.807) is 24.3 Å². The largest absolute Gasteiger partial charge is 0.490 e. The quantitative estimate of drug-likeness (QED) is 0.813. The zero-order chi connectivity index (χ0) is 17.9. The van der Waals surface area contributed by atoms with Crippen LogP contribution >= 0.6 is 15.9 Å². The molecule has 0 aliphatic carbocycles. The Kier molecular flexibility index (Phi) is 5.29. The van der Waals surface area contributed by atoms with Gasteiger partial charge in [0.1, 0.15) is 0 Å². The lowest BCUT2D eigenvalue weighted by atomic mass is 10.1. The molecule has 1 heterocycles. The van der Waals surface area contributed by atoms with Gasteiger partial charge in [-0.25, -0.2) is 13.1 Å². The lowest BCUT2D eigenvalue weighted by Gasteiger charge is -2.11. The first-order valence-corrected chi connectivity index (χ1v) is 9.91. The smallest absolute Gasteiger partial charge is 0.264 e. The minimum absolute atomic E-state index is 0.0307. The first kappa shape index (κ1) is 17.8. The Morgan fingerprint density at radius 1 is 1.04 bits per heavy atom. The van der Waals surface area contributed by atoms with E-state index >= 15 is 0 Å². The Hall–Kier alpha value is -2.06. The van der Waals surface area contributed by atoms with Gasteiger partial charge in [0.05, 0.1) is 24.5 Å². The van der Waals surface area contributed by atoms with E-state index < -0.39 is 15.9 Å². The van der Waals surface area contributed by atoms with Gasteiger partial charge in [-0.2, -0.15) is 0 Å². The molecule has 0 aromatic heterocycles. The maximum absolute atomic E-state index is 12.4. The van der Waals surface area contributed by atoms with Gasteiger partial charge in [-0.3, -0.25) is 4.79 Å². The van der Waals surface area contributed by atoms with Crippen LogP contribution in [0.25, 0.3) is 0 Å². The summed E-state index contributed by atoms with van der Waals surface area (Å²) < 4.78 is 38.8. The molecule has 6 nitrogen and oxygen atoms in total. The number of fused-ring (bicyclic) bond motifs is 1. The predicted molar refractivity (Wildman–Crippen MR) is 95.2 cm³/mol. The Morgan fingerprint density at radius 3 is 2.44 bits per heavy atom. The molecule has 0 fully saturated rings. The summed E-state index contributed by atoms with van der Waals surface area (Å²) >= 11 is 3.31. The van der Waals surface area contributed by atoms with Crippen molar-refractivity contribution in [3.8, 4) is 11.5 Å². The average molecular weight is 426 g/mol. The molecule has 0 unspecified atom stereocenters. The van der Waals surface area contributed by atoms with Crippen molar-refractivity contribution < 1.29 is 22.7 Å². The molecule has 2 aromatic carbocycles. The number of amides is 1. The maximum atomic E-state index is 12.4. The fraction of sp³-hybridized carbons (Fsp3) is 0.235. The molecule has 0 radical (unpaired) electrons. The zero-order valence-corrected chi connectivity index (χ0v) is 15.6. The molecule has 1 aliphatic heterocycles. The highest BCUT2D eigenvalue weighted by molar-refractivity contribution is 9.10. The highest BCUT2D eigenvalue weighted by Crippen LogP contribution is 2.31. The number of carbonyl (C=O) groups is 1. The summed E-state index contributed by atoms with van der Waals surface area (Å²) in [5, 5.41) is 0. The topological polar surface area (TPSA) is 81.7 Å². The third kappa shape index (κ3) is 4.52. The van der Waals surface area contributed by atoms with E-state index in [-0.39, 0.29) is 11.3 Å². The summed E-state index contributed by atoms with van der Waals surface area (Å²) in [7, 11) is -3.98. The van der Waals surface area contributed by atoms with E-state index in [0.717, 1.165) is 16.5 Å². The summed E-state index contributed by atoms with van der Waals surface area (Å²) in [6.07, 6.45) is 0.692. The van der Waals surface area contributed by atoms with E-state index in [9.17, 15) is 13.2 Å². The highest BCUT2D eigenvalue weighted by atomic mass is 79.9. The van der Waals surface area contributed by atoms with Crippen LogP contribution in [0.3, 0.4) is 0 Å². The molecule has 3 rings (SSSR count). The second kappa shape index (κ2) is 7.45. The van der Waals surface area contributed by atoms with E-state index in [4.69, 9.17) is 9.47 Å². The van der Waals surface area contributed by atoms with E-state index in [1.807, 2.05) is 0 Å². The monoisotopic (exact) mass is 425 g/mol. The molecule has 0 bridgehead atoms. The van der Waals surface area contributed by atoms with Crippen LogP contribution in [0.5, 0.6) is 11.5 Å². The van der Waals surface area contributed by atoms with Gasteiger partial charge < -0.3 is 9.47 Å². The summed E-state index contributed by atoms with van der Waals surface area (Å²) in [5.41, 5.74) is 0.717. The molecule has 0 atom stereocenters. The van der Waals surface area contributed by atoms with Crippen molar-refractivity contribution in [1.29, 1.82) is 0 Å². The first-order valence-electron chi connectivity index (χ1n) is 7.64. The molecular formula is C17H16BrNO5S. The van der Waals surface area contributed by atoms with Crippen molar-refractivity contribution in [3.63, 3.8) is 0 Å². The Morgan fingerprint density at radius 2 is 1.72 bits per heavy atom. The van der Waals surface area contributed by atoms with Crippen LogP contribution in [-0.2, 0) is 21.2 Å². The second-order valence-corrected chi connectivity index (χ2v) is 8.09. The van der Waals surface area contributed by atoms with Crippen molar-refractivity contribution in [3.05, 3.63) is 52.5 Å². The van der Waals surface area contributed by atoms with Crippen LogP contribution in [-0.4, -0.2) is 27.5 Å². The van der Waals surface area contributed by atoms with Crippen LogP contribution in [0.15, 0.2) is 51.8 Å². The zero-order valence-electron chi connectivity index (χ0n) is 13.2. The fourth-order valence-electron chi connectivity index (χ4n) is 2.34. The first-order chi connectivity index (χ1) is 11.9. The molecule has 0 spiro atoms.